The number of nitrogens with one attached hydrogen (secondary N) is 1. The van der Waals surface area contributed by atoms with Gasteiger partial charge in [0.15, 0.2) is 0 Å². The minimum absolute atomic E-state index is 0.171. The lowest BCUT2D eigenvalue weighted by Crippen LogP contribution is -2.56. The molecule has 2 aliphatic heterocycles. The van der Waals surface area contributed by atoms with Crippen LogP contribution < -0.4 is 5.32 Å². The van der Waals surface area contributed by atoms with Gasteiger partial charge in [-0.25, -0.2) is 14.8 Å². The number of fused-ring (bicyclic) bond motifs is 1. The van der Waals surface area contributed by atoms with E-state index in [0.29, 0.717) is 12.1 Å². The van der Waals surface area contributed by atoms with Crippen LogP contribution in [0.4, 0.5) is 4.79 Å². The number of alkyl halides is 1. The van der Waals surface area contributed by atoms with Crippen LogP contribution in [0.15, 0.2) is 18.2 Å². The van der Waals surface area contributed by atoms with Gasteiger partial charge in [0.25, 0.3) is 5.91 Å². The van der Waals surface area contributed by atoms with Crippen LogP contribution in [-0.2, 0) is 17.8 Å². The maximum atomic E-state index is 12.6. The topological polar surface area (TPSA) is 69.7 Å². The predicted octanol–water partition coefficient (Wildman–Crippen LogP) is 1.87. The summed E-state index contributed by atoms with van der Waals surface area (Å²) in [7, 11) is 0. The van der Waals surface area contributed by atoms with Crippen molar-refractivity contribution >= 4 is 40.4 Å². The fourth-order valence-electron chi connectivity index (χ4n) is 2.85. The van der Waals surface area contributed by atoms with Crippen molar-refractivity contribution in [3.8, 4) is 0 Å². The lowest BCUT2D eigenvalue weighted by molar-refractivity contribution is -0.123. The second-order valence-electron chi connectivity index (χ2n) is 5.33. The van der Waals surface area contributed by atoms with Crippen molar-refractivity contribution in [3.63, 3.8) is 0 Å². The molecule has 2 heterocycles. The van der Waals surface area contributed by atoms with Crippen LogP contribution in [0, 0.1) is 0 Å². The van der Waals surface area contributed by atoms with Gasteiger partial charge in [-0.3, -0.25) is 14.9 Å². The SMILES string of the molecule is O=C1CCN(N2Cc3c(CCCI)cccc3C2=O)C(=O)N1. The standard InChI is InChI=1S/C15H16IN3O3/c16-7-2-4-10-3-1-5-11-12(10)9-19(14(11)21)18-8-6-13(20)17-15(18)22/h1,3,5H,2,4,6-9H2,(H,17,20,22). The number of hydrogen-bond acceptors (Lipinski definition) is 3. The van der Waals surface area contributed by atoms with E-state index in [4.69, 9.17) is 0 Å². The minimum atomic E-state index is -0.522. The molecule has 1 aromatic carbocycles. The number of halogens is 1. The molecule has 0 aliphatic carbocycles. The maximum Gasteiger partial charge on any atom is 0.342 e. The smallest absolute Gasteiger partial charge is 0.276 e. The van der Waals surface area contributed by atoms with Gasteiger partial charge in [-0.05, 0) is 34.5 Å². The number of rotatable bonds is 4. The van der Waals surface area contributed by atoms with Gasteiger partial charge >= 0.3 is 6.03 Å². The van der Waals surface area contributed by atoms with E-state index < -0.39 is 6.03 Å². The van der Waals surface area contributed by atoms with Gasteiger partial charge in [0.1, 0.15) is 0 Å². The molecule has 1 saturated heterocycles. The molecular weight excluding hydrogens is 397 g/mol. The van der Waals surface area contributed by atoms with Crippen molar-refractivity contribution in [2.24, 2.45) is 0 Å². The Morgan fingerprint density at radius 3 is 2.73 bits per heavy atom. The van der Waals surface area contributed by atoms with E-state index >= 15 is 0 Å². The first-order valence-electron chi connectivity index (χ1n) is 7.21. The van der Waals surface area contributed by atoms with Crippen LogP contribution in [-0.4, -0.2) is 38.8 Å². The van der Waals surface area contributed by atoms with Gasteiger partial charge in [0, 0.05) is 12.0 Å². The molecule has 0 aromatic heterocycles. The third-order valence-corrected chi connectivity index (χ3v) is 4.71. The fourth-order valence-corrected chi connectivity index (χ4v) is 3.24. The number of aryl methyl sites for hydroxylation is 1. The van der Waals surface area contributed by atoms with Crippen molar-refractivity contribution in [2.45, 2.75) is 25.8 Å². The van der Waals surface area contributed by atoms with Crippen molar-refractivity contribution in [1.29, 1.82) is 0 Å². The molecule has 0 bridgehead atoms. The van der Waals surface area contributed by atoms with Gasteiger partial charge in [-0.1, -0.05) is 34.7 Å². The lowest BCUT2D eigenvalue weighted by atomic mass is 10.00. The Morgan fingerprint density at radius 1 is 1.18 bits per heavy atom. The number of nitrogens with zero attached hydrogens (tertiary/aromatic N) is 2. The van der Waals surface area contributed by atoms with E-state index in [0.717, 1.165) is 22.8 Å². The molecule has 0 saturated carbocycles. The van der Waals surface area contributed by atoms with Crippen LogP contribution in [0.3, 0.4) is 0 Å². The molecule has 116 valence electrons. The highest BCUT2D eigenvalue weighted by Gasteiger charge is 2.37. The Morgan fingerprint density at radius 2 is 2.00 bits per heavy atom. The zero-order chi connectivity index (χ0) is 15.7. The van der Waals surface area contributed by atoms with Crippen LogP contribution in [0.25, 0.3) is 0 Å². The summed E-state index contributed by atoms with van der Waals surface area (Å²) in [4.78, 5) is 35.8. The molecule has 3 rings (SSSR count). The summed E-state index contributed by atoms with van der Waals surface area (Å²) < 4.78 is 1.07. The summed E-state index contributed by atoms with van der Waals surface area (Å²) in [6, 6.07) is 5.22. The van der Waals surface area contributed by atoms with E-state index in [-0.39, 0.29) is 24.8 Å². The number of imide groups is 1. The van der Waals surface area contributed by atoms with Crippen LogP contribution in [0.5, 0.6) is 0 Å². The summed E-state index contributed by atoms with van der Waals surface area (Å²) in [5.41, 5.74) is 2.83. The highest BCUT2D eigenvalue weighted by Crippen LogP contribution is 2.28. The monoisotopic (exact) mass is 413 g/mol. The van der Waals surface area contributed by atoms with Crippen molar-refractivity contribution in [1.82, 2.24) is 15.3 Å². The minimum Gasteiger partial charge on any atom is -0.276 e. The van der Waals surface area contributed by atoms with Gasteiger partial charge in [0.2, 0.25) is 5.91 Å². The van der Waals surface area contributed by atoms with Crippen LogP contribution in [0.1, 0.15) is 34.3 Å². The zero-order valence-electron chi connectivity index (χ0n) is 12.0. The van der Waals surface area contributed by atoms with E-state index in [1.165, 1.54) is 15.6 Å². The Bertz CT molecular complexity index is 647. The summed E-state index contributed by atoms with van der Waals surface area (Å²) >= 11 is 2.34. The molecule has 6 nitrogen and oxygen atoms in total. The Hall–Kier alpha value is -1.64. The molecule has 1 aromatic rings. The van der Waals surface area contributed by atoms with Gasteiger partial charge in [-0.15, -0.1) is 0 Å². The van der Waals surface area contributed by atoms with E-state index in [9.17, 15) is 14.4 Å². The number of urea groups is 1. The first-order valence-corrected chi connectivity index (χ1v) is 8.74. The van der Waals surface area contributed by atoms with E-state index in [1.54, 1.807) is 6.07 Å². The third-order valence-electron chi connectivity index (χ3n) is 3.95. The van der Waals surface area contributed by atoms with Crippen molar-refractivity contribution in [3.05, 3.63) is 34.9 Å². The molecular formula is C15H16IN3O3. The number of hydrogen-bond donors (Lipinski definition) is 1. The number of carbonyl (C=O) groups is 3. The fraction of sp³-hybridized carbons (Fsp3) is 0.400. The zero-order valence-corrected chi connectivity index (χ0v) is 14.1. The van der Waals surface area contributed by atoms with Crippen LogP contribution >= 0.6 is 22.6 Å². The molecule has 0 unspecified atom stereocenters. The molecule has 0 spiro atoms. The predicted molar refractivity (Wildman–Crippen MR) is 88.4 cm³/mol. The largest absolute Gasteiger partial charge is 0.342 e. The van der Waals surface area contributed by atoms with Crippen LogP contribution in [0.2, 0.25) is 0 Å². The second-order valence-corrected chi connectivity index (χ2v) is 6.40. The number of hydrazine groups is 1. The lowest BCUT2D eigenvalue weighted by Gasteiger charge is -2.33. The maximum absolute atomic E-state index is 12.6. The van der Waals surface area contributed by atoms with Gasteiger partial charge in [0.05, 0.1) is 13.1 Å². The molecule has 7 heteroatoms. The van der Waals surface area contributed by atoms with Crippen molar-refractivity contribution < 1.29 is 14.4 Å². The molecule has 2 aliphatic rings. The highest BCUT2D eigenvalue weighted by atomic mass is 127. The van der Waals surface area contributed by atoms with Gasteiger partial charge < -0.3 is 0 Å². The second kappa shape index (κ2) is 6.23. The average molecular weight is 413 g/mol. The first-order chi connectivity index (χ1) is 10.6. The molecule has 0 atom stereocenters. The molecule has 0 radical (unpaired) electrons. The third kappa shape index (κ3) is 2.69. The number of carbonyl (C=O) groups excluding carboxylic acids is 3. The van der Waals surface area contributed by atoms with E-state index in [1.807, 2.05) is 12.1 Å². The molecule has 1 N–H and O–H groups in total. The van der Waals surface area contributed by atoms with Crippen molar-refractivity contribution in [2.75, 3.05) is 11.0 Å². The summed E-state index contributed by atoms with van der Waals surface area (Å²) in [6.45, 7) is 0.640. The quantitative estimate of drug-likeness (QED) is 0.606. The number of benzene rings is 1. The Labute approximate surface area is 141 Å². The Kier molecular flexibility index (Phi) is 4.32. The summed E-state index contributed by atoms with van der Waals surface area (Å²) in [6.07, 6.45) is 2.20. The molecule has 22 heavy (non-hydrogen) atoms. The molecule has 1 fully saturated rings. The highest BCUT2D eigenvalue weighted by molar-refractivity contribution is 14.1. The molecule has 4 amide bonds. The normalized spacial score (nSPS) is 17.8. The number of amides is 4. The van der Waals surface area contributed by atoms with Gasteiger partial charge in [-0.2, -0.15) is 0 Å². The average Bonchev–Trinajstić information content (AvgIpc) is 2.83. The Balaban J connectivity index is 1.84. The van der Waals surface area contributed by atoms with E-state index in [2.05, 4.69) is 27.9 Å². The summed E-state index contributed by atoms with van der Waals surface area (Å²) in [5, 5.41) is 5.04. The summed E-state index contributed by atoms with van der Waals surface area (Å²) in [5.74, 6) is -0.469. The first kappa shape index (κ1) is 15.3.